The first-order valence-corrected chi connectivity index (χ1v) is 7.90. The van der Waals surface area contributed by atoms with Gasteiger partial charge in [0.25, 0.3) is 5.91 Å². The molecule has 0 aliphatic rings. The molecule has 0 aromatic heterocycles. The summed E-state index contributed by atoms with van der Waals surface area (Å²) in [4.78, 5) is 22.1. The second kappa shape index (κ2) is 7.54. The minimum atomic E-state index is -4.09. The summed E-state index contributed by atoms with van der Waals surface area (Å²) in [6.07, 6.45) is -1.39. The summed E-state index contributed by atoms with van der Waals surface area (Å²) in [5.74, 6) is -2.02. The summed E-state index contributed by atoms with van der Waals surface area (Å²) < 4.78 is 30.8. The zero-order valence-corrected chi connectivity index (χ0v) is 13.1. The number of amides is 1. The first-order chi connectivity index (χ1) is 10.1. The number of esters is 1. The second-order valence-corrected chi connectivity index (χ2v) is 6.52. The molecule has 1 amide bonds. The van der Waals surface area contributed by atoms with Gasteiger partial charge in [-0.05, 0) is 31.2 Å². The maximum atomic E-state index is 12.1. The van der Waals surface area contributed by atoms with Gasteiger partial charge in [0.15, 0.2) is 6.61 Å². The predicted octanol–water partition coefficient (Wildman–Crippen LogP) is -0.604. The third kappa shape index (κ3) is 5.26. The Morgan fingerprint density at radius 1 is 1.36 bits per heavy atom. The molecular weight excluding hydrogens is 336 g/mol. The zero-order chi connectivity index (χ0) is 16.9. The van der Waals surface area contributed by atoms with E-state index in [1.54, 1.807) is 0 Å². The standard InChI is InChI=1S/C12H15ClN2O6S/c1-7(16)11(12(18)21-6-10(14)17)15-22(19,20)9-4-2-8(13)3-5-9/h2-5,7,11,15-16H,6H2,1H3,(H2,14,17)/t7-,11-/m1/s1. The van der Waals surface area contributed by atoms with Crippen molar-refractivity contribution in [2.24, 2.45) is 5.73 Å². The summed E-state index contributed by atoms with van der Waals surface area (Å²) in [5.41, 5.74) is 4.82. The number of halogens is 1. The minimum Gasteiger partial charge on any atom is -0.454 e. The van der Waals surface area contributed by atoms with Crippen LogP contribution in [0.15, 0.2) is 29.2 Å². The molecule has 0 unspecified atom stereocenters. The van der Waals surface area contributed by atoms with Crippen LogP contribution < -0.4 is 10.5 Å². The van der Waals surface area contributed by atoms with Gasteiger partial charge in [0.1, 0.15) is 6.04 Å². The molecule has 1 aromatic rings. The number of sulfonamides is 1. The van der Waals surface area contributed by atoms with Crippen LogP contribution in [0.25, 0.3) is 0 Å². The topological polar surface area (TPSA) is 136 Å². The summed E-state index contributed by atoms with van der Waals surface area (Å²) in [5, 5.41) is 9.88. The van der Waals surface area contributed by atoms with Crippen LogP contribution in [0.1, 0.15) is 6.92 Å². The van der Waals surface area contributed by atoms with Gasteiger partial charge in [-0.15, -0.1) is 0 Å². The van der Waals surface area contributed by atoms with Gasteiger partial charge < -0.3 is 15.6 Å². The van der Waals surface area contributed by atoms with Crippen LogP contribution in [0.3, 0.4) is 0 Å². The van der Waals surface area contributed by atoms with Crippen molar-refractivity contribution in [3.8, 4) is 0 Å². The van der Waals surface area contributed by atoms with Crippen LogP contribution in [0.5, 0.6) is 0 Å². The molecular formula is C12H15ClN2O6S. The fraction of sp³-hybridized carbons (Fsp3) is 0.333. The Morgan fingerprint density at radius 3 is 2.36 bits per heavy atom. The summed E-state index contributed by atoms with van der Waals surface area (Å²) in [6.45, 7) is 0.477. The first kappa shape index (κ1) is 18.4. The van der Waals surface area contributed by atoms with Gasteiger partial charge in [0.05, 0.1) is 11.0 Å². The van der Waals surface area contributed by atoms with Gasteiger partial charge in [-0.25, -0.2) is 8.42 Å². The molecule has 1 aromatic carbocycles. The average molecular weight is 351 g/mol. The van der Waals surface area contributed by atoms with Crippen molar-refractivity contribution in [3.05, 3.63) is 29.3 Å². The number of aliphatic hydroxyl groups excluding tert-OH is 1. The normalized spacial score (nSPS) is 14.1. The molecule has 0 aliphatic heterocycles. The molecule has 0 spiro atoms. The van der Waals surface area contributed by atoms with Crippen LogP contribution in [-0.2, 0) is 24.3 Å². The lowest BCUT2D eigenvalue weighted by Crippen LogP contribution is -2.48. The van der Waals surface area contributed by atoms with E-state index in [0.29, 0.717) is 5.02 Å². The number of carbonyl (C=O) groups is 2. The van der Waals surface area contributed by atoms with E-state index < -0.39 is 40.7 Å². The highest BCUT2D eigenvalue weighted by atomic mass is 35.5. The fourth-order valence-electron chi connectivity index (χ4n) is 1.42. The van der Waals surface area contributed by atoms with Crippen LogP contribution in [0.2, 0.25) is 5.02 Å². The molecule has 0 saturated carbocycles. The Labute approximate surface area is 132 Å². The third-order valence-electron chi connectivity index (χ3n) is 2.50. The largest absolute Gasteiger partial charge is 0.454 e. The Morgan fingerprint density at radius 2 is 1.91 bits per heavy atom. The van der Waals surface area contributed by atoms with E-state index in [2.05, 4.69) is 4.74 Å². The molecule has 8 nitrogen and oxygen atoms in total. The van der Waals surface area contributed by atoms with Gasteiger partial charge >= 0.3 is 5.97 Å². The van der Waals surface area contributed by atoms with E-state index in [0.717, 1.165) is 0 Å². The zero-order valence-electron chi connectivity index (χ0n) is 11.5. The Balaban J connectivity index is 2.92. The Kier molecular flexibility index (Phi) is 6.30. The minimum absolute atomic E-state index is 0.148. The molecule has 0 fully saturated rings. The highest BCUT2D eigenvalue weighted by Gasteiger charge is 2.31. The molecule has 2 atom stereocenters. The maximum absolute atomic E-state index is 12.1. The highest BCUT2D eigenvalue weighted by molar-refractivity contribution is 7.89. The van der Waals surface area contributed by atoms with E-state index in [9.17, 15) is 23.1 Å². The van der Waals surface area contributed by atoms with Crippen LogP contribution in [0, 0.1) is 0 Å². The predicted molar refractivity (Wildman–Crippen MR) is 77.4 cm³/mol. The lowest BCUT2D eigenvalue weighted by molar-refractivity contribution is -0.151. The lowest BCUT2D eigenvalue weighted by Gasteiger charge is -2.19. The number of nitrogens with one attached hydrogen (secondary N) is 1. The highest BCUT2D eigenvalue weighted by Crippen LogP contribution is 2.15. The molecule has 0 saturated heterocycles. The van der Waals surface area contributed by atoms with Gasteiger partial charge in [-0.3, -0.25) is 9.59 Å². The maximum Gasteiger partial charge on any atom is 0.327 e. The van der Waals surface area contributed by atoms with E-state index in [4.69, 9.17) is 17.3 Å². The van der Waals surface area contributed by atoms with Gasteiger partial charge in [0, 0.05) is 5.02 Å². The number of rotatable bonds is 7. The molecule has 122 valence electrons. The monoisotopic (exact) mass is 350 g/mol. The number of aliphatic hydroxyl groups is 1. The number of hydrogen-bond donors (Lipinski definition) is 3. The molecule has 22 heavy (non-hydrogen) atoms. The Hall–Kier alpha value is -1.68. The van der Waals surface area contributed by atoms with E-state index >= 15 is 0 Å². The number of benzene rings is 1. The second-order valence-electron chi connectivity index (χ2n) is 4.37. The van der Waals surface area contributed by atoms with Gasteiger partial charge in [-0.1, -0.05) is 11.6 Å². The van der Waals surface area contributed by atoms with Crippen LogP contribution >= 0.6 is 11.6 Å². The number of carbonyl (C=O) groups excluding carboxylic acids is 2. The van der Waals surface area contributed by atoms with E-state index in [-0.39, 0.29) is 4.90 Å². The quantitative estimate of drug-likeness (QED) is 0.561. The summed E-state index contributed by atoms with van der Waals surface area (Å²) in [7, 11) is -4.09. The molecule has 0 bridgehead atoms. The number of primary amides is 1. The molecule has 0 aliphatic carbocycles. The summed E-state index contributed by atoms with van der Waals surface area (Å²) in [6, 6.07) is 3.61. The van der Waals surface area contributed by atoms with Crippen molar-refractivity contribution < 1.29 is 27.9 Å². The van der Waals surface area contributed by atoms with E-state index in [1.807, 2.05) is 4.72 Å². The van der Waals surface area contributed by atoms with Gasteiger partial charge in [-0.2, -0.15) is 4.72 Å². The van der Waals surface area contributed by atoms with Crippen molar-refractivity contribution in [3.63, 3.8) is 0 Å². The van der Waals surface area contributed by atoms with E-state index in [1.165, 1.54) is 31.2 Å². The molecule has 1 rings (SSSR count). The SMILES string of the molecule is C[C@@H](O)[C@@H](NS(=O)(=O)c1ccc(Cl)cc1)C(=O)OCC(N)=O. The smallest absolute Gasteiger partial charge is 0.327 e. The van der Waals surface area contributed by atoms with Crippen molar-refractivity contribution in [2.45, 2.75) is 24.0 Å². The lowest BCUT2D eigenvalue weighted by atomic mass is 10.2. The molecule has 10 heteroatoms. The average Bonchev–Trinajstić information content (AvgIpc) is 2.42. The van der Waals surface area contributed by atoms with Crippen LogP contribution in [0.4, 0.5) is 0 Å². The number of ether oxygens (including phenoxy) is 1. The van der Waals surface area contributed by atoms with Crippen molar-refractivity contribution in [1.82, 2.24) is 4.72 Å². The first-order valence-electron chi connectivity index (χ1n) is 6.04. The van der Waals surface area contributed by atoms with Crippen molar-refractivity contribution in [1.29, 1.82) is 0 Å². The molecule has 0 heterocycles. The summed E-state index contributed by atoms with van der Waals surface area (Å²) >= 11 is 5.67. The molecule has 0 radical (unpaired) electrons. The Bertz CT molecular complexity index is 644. The molecule has 4 N–H and O–H groups in total. The third-order valence-corrected chi connectivity index (χ3v) is 4.21. The van der Waals surface area contributed by atoms with Crippen LogP contribution in [-0.4, -0.2) is 44.2 Å². The van der Waals surface area contributed by atoms with Crippen molar-refractivity contribution >= 4 is 33.5 Å². The van der Waals surface area contributed by atoms with Gasteiger partial charge in [0.2, 0.25) is 10.0 Å². The fourth-order valence-corrected chi connectivity index (χ4v) is 2.81. The number of hydrogen-bond acceptors (Lipinski definition) is 6. The number of nitrogens with two attached hydrogens (primary N) is 1. The van der Waals surface area contributed by atoms with Crippen molar-refractivity contribution in [2.75, 3.05) is 6.61 Å².